The fraction of sp³-hybridized carbons (Fsp3) is 0.533. The van der Waals surface area contributed by atoms with E-state index in [-0.39, 0.29) is 5.91 Å². The zero-order chi connectivity index (χ0) is 14.0. The topological polar surface area (TPSA) is 50.8 Å². The number of hydrogen-bond donors (Lipinski definition) is 1. The third-order valence-corrected chi connectivity index (χ3v) is 3.15. The van der Waals surface area contributed by atoms with E-state index in [9.17, 15) is 4.79 Å². The van der Waals surface area contributed by atoms with Crippen LogP contribution in [0.4, 0.5) is 0 Å². The number of hydrogen-bond acceptors (Lipinski definition) is 4. The lowest BCUT2D eigenvalue weighted by atomic mass is 10.3. The Morgan fingerprint density at radius 1 is 1.25 bits per heavy atom. The Morgan fingerprint density at radius 2 is 2.00 bits per heavy atom. The number of nitrogens with one attached hydrogen (secondary N) is 1. The minimum atomic E-state index is 0.150. The maximum absolute atomic E-state index is 11.8. The Bertz CT molecular complexity index is 391. The molecule has 0 aromatic heterocycles. The maximum atomic E-state index is 11.8. The largest absolute Gasteiger partial charge is 0.494 e. The smallest absolute Gasteiger partial charge is 0.236 e. The summed E-state index contributed by atoms with van der Waals surface area (Å²) in [4.78, 5) is 13.7. The van der Waals surface area contributed by atoms with Crippen LogP contribution >= 0.6 is 0 Å². The first-order valence-corrected chi connectivity index (χ1v) is 7.10. The van der Waals surface area contributed by atoms with Gasteiger partial charge in [0.15, 0.2) is 0 Å². The van der Waals surface area contributed by atoms with E-state index in [0.29, 0.717) is 39.5 Å². The summed E-state index contributed by atoms with van der Waals surface area (Å²) in [5.74, 6) is 1.04. The normalized spacial score (nSPS) is 15.1. The van der Waals surface area contributed by atoms with Crippen molar-refractivity contribution in [3.8, 4) is 5.75 Å². The molecule has 0 saturated carbocycles. The molecule has 0 aliphatic carbocycles. The highest BCUT2D eigenvalue weighted by Crippen LogP contribution is 2.07. The van der Waals surface area contributed by atoms with E-state index < -0.39 is 0 Å². The second-order valence-corrected chi connectivity index (χ2v) is 4.69. The van der Waals surface area contributed by atoms with Gasteiger partial charge in [0.05, 0.1) is 26.4 Å². The number of carbonyl (C=O) groups is 1. The molecule has 0 atom stereocenters. The Hall–Kier alpha value is -1.59. The zero-order valence-corrected chi connectivity index (χ0v) is 11.7. The van der Waals surface area contributed by atoms with E-state index in [1.54, 1.807) is 0 Å². The van der Waals surface area contributed by atoms with Crippen molar-refractivity contribution in [2.45, 2.75) is 6.42 Å². The molecule has 1 aliphatic rings. The molecule has 0 radical (unpaired) electrons. The summed E-state index contributed by atoms with van der Waals surface area (Å²) >= 11 is 0. The van der Waals surface area contributed by atoms with Crippen molar-refractivity contribution in [2.24, 2.45) is 0 Å². The molecule has 1 N–H and O–H groups in total. The molecule has 1 amide bonds. The van der Waals surface area contributed by atoms with Crippen molar-refractivity contribution < 1.29 is 14.3 Å². The molecule has 1 aliphatic heterocycles. The van der Waals surface area contributed by atoms with E-state index in [1.165, 1.54) is 0 Å². The van der Waals surface area contributed by atoms with E-state index in [0.717, 1.165) is 18.7 Å². The fourth-order valence-electron chi connectivity index (χ4n) is 2.02. The highest BCUT2D eigenvalue weighted by atomic mass is 16.5. The number of rotatable bonds is 7. The zero-order valence-electron chi connectivity index (χ0n) is 11.7. The molecule has 0 bridgehead atoms. The first kappa shape index (κ1) is 14.8. The number of amides is 1. The highest BCUT2D eigenvalue weighted by Gasteiger charge is 2.15. The van der Waals surface area contributed by atoms with Crippen molar-refractivity contribution >= 4 is 5.91 Å². The molecular formula is C15H22N2O3. The molecule has 0 unspecified atom stereocenters. The summed E-state index contributed by atoms with van der Waals surface area (Å²) in [6.07, 6.45) is 0.880. The molecule has 5 heteroatoms. The van der Waals surface area contributed by atoms with Gasteiger partial charge in [-0.05, 0) is 25.1 Å². The number of carbonyl (C=O) groups excluding carboxylic acids is 1. The van der Waals surface area contributed by atoms with Gasteiger partial charge in [-0.1, -0.05) is 18.2 Å². The molecule has 5 nitrogen and oxygen atoms in total. The molecule has 20 heavy (non-hydrogen) atoms. The minimum Gasteiger partial charge on any atom is -0.494 e. The van der Waals surface area contributed by atoms with Gasteiger partial charge in [0.2, 0.25) is 5.91 Å². The predicted molar refractivity (Wildman–Crippen MR) is 76.8 cm³/mol. The van der Waals surface area contributed by atoms with Crippen LogP contribution in [0.15, 0.2) is 30.3 Å². The monoisotopic (exact) mass is 278 g/mol. The van der Waals surface area contributed by atoms with Crippen LogP contribution in [0.3, 0.4) is 0 Å². The summed E-state index contributed by atoms with van der Waals surface area (Å²) in [7, 11) is 0. The van der Waals surface area contributed by atoms with Gasteiger partial charge >= 0.3 is 0 Å². The summed E-state index contributed by atoms with van der Waals surface area (Å²) < 4.78 is 10.8. The first-order chi connectivity index (χ1) is 9.86. The summed E-state index contributed by atoms with van der Waals surface area (Å²) in [5.41, 5.74) is 0. The van der Waals surface area contributed by atoms with Gasteiger partial charge in [-0.25, -0.2) is 0 Å². The van der Waals surface area contributed by atoms with E-state index >= 15 is 0 Å². The van der Waals surface area contributed by atoms with Crippen molar-refractivity contribution in [3.63, 3.8) is 0 Å². The van der Waals surface area contributed by atoms with Crippen molar-refractivity contribution in [1.29, 1.82) is 0 Å². The van der Waals surface area contributed by atoms with Crippen LogP contribution < -0.4 is 10.1 Å². The van der Waals surface area contributed by atoms with Crippen LogP contribution in [0.1, 0.15) is 6.42 Å². The average molecular weight is 278 g/mol. The molecule has 1 fully saturated rings. The average Bonchev–Trinajstić information content (AvgIpc) is 2.52. The molecule has 1 aromatic rings. The highest BCUT2D eigenvalue weighted by molar-refractivity contribution is 5.78. The molecular weight excluding hydrogens is 256 g/mol. The molecule has 1 aromatic carbocycles. The van der Waals surface area contributed by atoms with Gasteiger partial charge in [0.25, 0.3) is 0 Å². The number of morpholine rings is 1. The lowest BCUT2D eigenvalue weighted by molar-refractivity contribution is -0.134. The third-order valence-electron chi connectivity index (χ3n) is 3.15. The van der Waals surface area contributed by atoms with Gasteiger partial charge in [-0.15, -0.1) is 0 Å². The van der Waals surface area contributed by atoms with Crippen LogP contribution in [0.25, 0.3) is 0 Å². The van der Waals surface area contributed by atoms with Crippen molar-refractivity contribution in [2.75, 3.05) is 46.0 Å². The van der Waals surface area contributed by atoms with Crippen molar-refractivity contribution in [1.82, 2.24) is 10.2 Å². The number of benzene rings is 1. The number of para-hydroxylation sites is 1. The second-order valence-electron chi connectivity index (χ2n) is 4.69. The first-order valence-electron chi connectivity index (χ1n) is 7.10. The lowest BCUT2D eigenvalue weighted by Gasteiger charge is -2.26. The van der Waals surface area contributed by atoms with Crippen LogP contribution in [-0.4, -0.2) is 56.8 Å². The summed E-state index contributed by atoms with van der Waals surface area (Å²) in [5, 5.41) is 3.16. The molecule has 1 heterocycles. The van der Waals surface area contributed by atoms with E-state index in [4.69, 9.17) is 9.47 Å². The van der Waals surface area contributed by atoms with Crippen molar-refractivity contribution in [3.05, 3.63) is 30.3 Å². The van der Waals surface area contributed by atoms with Crippen LogP contribution in [0.2, 0.25) is 0 Å². The van der Waals surface area contributed by atoms with E-state index in [1.807, 2.05) is 35.2 Å². The predicted octanol–water partition coefficient (Wildman–Crippen LogP) is 0.904. The van der Waals surface area contributed by atoms with Gasteiger partial charge in [-0.3, -0.25) is 4.79 Å². The Kier molecular flexibility index (Phi) is 6.34. The van der Waals surface area contributed by atoms with Crippen LogP contribution in [0.5, 0.6) is 5.75 Å². The molecule has 0 spiro atoms. The lowest BCUT2D eigenvalue weighted by Crippen LogP contribution is -2.44. The van der Waals surface area contributed by atoms with Gasteiger partial charge in [-0.2, -0.15) is 0 Å². The second kappa shape index (κ2) is 8.55. The Morgan fingerprint density at radius 3 is 2.75 bits per heavy atom. The molecule has 110 valence electrons. The SMILES string of the molecule is O=C(CNCCCOc1ccccc1)N1CCOCC1. The standard InChI is InChI=1S/C15H22N2O3/c18-15(17-8-11-19-12-9-17)13-16-7-4-10-20-14-5-2-1-3-6-14/h1-3,5-6,16H,4,7-13H2. The maximum Gasteiger partial charge on any atom is 0.236 e. The number of ether oxygens (including phenoxy) is 2. The Labute approximate surface area is 119 Å². The third kappa shape index (κ3) is 5.19. The van der Waals surface area contributed by atoms with Gasteiger partial charge in [0.1, 0.15) is 5.75 Å². The molecule has 1 saturated heterocycles. The van der Waals surface area contributed by atoms with Crippen LogP contribution in [-0.2, 0) is 9.53 Å². The Balaban J connectivity index is 1.50. The quantitative estimate of drug-likeness (QED) is 0.753. The fourth-order valence-corrected chi connectivity index (χ4v) is 2.02. The minimum absolute atomic E-state index is 0.150. The van der Waals surface area contributed by atoms with Gasteiger partial charge < -0.3 is 19.7 Å². The van der Waals surface area contributed by atoms with Gasteiger partial charge in [0, 0.05) is 13.1 Å². The molecule has 2 rings (SSSR count). The summed E-state index contributed by atoms with van der Waals surface area (Å²) in [6, 6.07) is 9.75. The van der Waals surface area contributed by atoms with Crippen LogP contribution in [0, 0.1) is 0 Å². The summed E-state index contributed by atoms with van der Waals surface area (Å²) in [6.45, 7) is 4.54. The van der Waals surface area contributed by atoms with E-state index in [2.05, 4.69) is 5.32 Å². The number of nitrogens with zero attached hydrogens (tertiary/aromatic N) is 1.